The van der Waals surface area contributed by atoms with Crippen molar-refractivity contribution in [1.82, 2.24) is 28.9 Å². The Bertz CT molecular complexity index is 1760. The first-order valence-corrected chi connectivity index (χ1v) is 12.1. The van der Waals surface area contributed by atoms with Gasteiger partial charge in [-0.2, -0.15) is 0 Å². The summed E-state index contributed by atoms with van der Waals surface area (Å²) in [6, 6.07) is 15.8. The fourth-order valence-electron chi connectivity index (χ4n) is 4.12. The molecule has 3 N–H and O–H groups in total. The predicted molar refractivity (Wildman–Crippen MR) is 140 cm³/mol. The van der Waals surface area contributed by atoms with Crippen molar-refractivity contribution in [2.45, 2.75) is 12.1 Å². The smallest absolute Gasteiger partial charge is 0.332 e. The van der Waals surface area contributed by atoms with Crippen LogP contribution in [0, 0.1) is 6.92 Å². The number of thioether (sulfide) groups is 1. The van der Waals surface area contributed by atoms with Gasteiger partial charge in [-0.25, -0.2) is 4.79 Å². The summed E-state index contributed by atoms with van der Waals surface area (Å²) in [6.45, 7) is 1.99. The molecule has 0 aliphatic carbocycles. The van der Waals surface area contributed by atoms with Crippen LogP contribution in [0.3, 0.4) is 0 Å². The zero-order chi connectivity index (χ0) is 25.6. The van der Waals surface area contributed by atoms with Crippen molar-refractivity contribution >= 4 is 34.3 Å². The van der Waals surface area contributed by atoms with E-state index in [1.807, 2.05) is 66.2 Å². The number of anilines is 1. The normalized spacial score (nSPS) is 11.3. The molecule has 11 heteroatoms. The van der Waals surface area contributed by atoms with Crippen molar-refractivity contribution in [3.05, 3.63) is 86.7 Å². The van der Waals surface area contributed by atoms with E-state index >= 15 is 0 Å². The number of hydrogen-bond donors (Lipinski definition) is 2. The number of nitrogens with zero attached hydrogens (tertiary/aromatic N) is 5. The Kier molecular flexibility index (Phi) is 5.84. The molecular weight excluding hydrogens is 478 g/mol. The molecular formula is C25H23N7O3S. The summed E-state index contributed by atoms with van der Waals surface area (Å²) in [5, 5.41) is 10.3. The second-order valence-corrected chi connectivity index (χ2v) is 9.35. The van der Waals surface area contributed by atoms with Crippen LogP contribution in [-0.4, -0.2) is 40.4 Å². The number of H-pyrrole nitrogens is 1. The van der Waals surface area contributed by atoms with Gasteiger partial charge in [-0.05, 0) is 30.7 Å². The third kappa shape index (κ3) is 3.83. The van der Waals surface area contributed by atoms with Crippen LogP contribution in [0.1, 0.15) is 15.9 Å². The molecule has 5 rings (SSSR count). The summed E-state index contributed by atoms with van der Waals surface area (Å²) in [6.07, 6.45) is 1.88. The number of ketones is 1. The Balaban J connectivity index is 1.57. The summed E-state index contributed by atoms with van der Waals surface area (Å²) in [5.74, 6) is -0.157. The Labute approximate surface area is 209 Å². The third-order valence-corrected chi connectivity index (χ3v) is 6.97. The van der Waals surface area contributed by atoms with Gasteiger partial charge >= 0.3 is 5.69 Å². The second-order valence-electron chi connectivity index (χ2n) is 8.41. The predicted octanol–water partition coefficient (Wildman–Crippen LogP) is 2.68. The zero-order valence-corrected chi connectivity index (χ0v) is 20.7. The Hall–Kier alpha value is -4.38. The molecule has 0 aliphatic rings. The SMILES string of the molecule is Cc1cccc(-n2c(SCC(=O)c3c(N)n(C)c(=O)n(C)c3=O)nnc2-c2c[nH]c3ccccc23)c1. The van der Waals surface area contributed by atoms with E-state index in [9.17, 15) is 14.4 Å². The maximum Gasteiger partial charge on any atom is 0.332 e. The Morgan fingerprint density at radius 3 is 2.61 bits per heavy atom. The van der Waals surface area contributed by atoms with Gasteiger partial charge < -0.3 is 10.7 Å². The zero-order valence-electron chi connectivity index (χ0n) is 19.8. The number of fused-ring (bicyclic) bond motifs is 1. The van der Waals surface area contributed by atoms with Crippen molar-refractivity contribution in [2.24, 2.45) is 14.1 Å². The number of para-hydroxylation sites is 1. The second kappa shape index (κ2) is 9.00. The van der Waals surface area contributed by atoms with Crippen molar-refractivity contribution in [1.29, 1.82) is 0 Å². The van der Waals surface area contributed by atoms with Gasteiger partial charge in [-0.1, -0.05) is 42.1 Å². The molecule has 3 heterocycles. The average molecular weight is 502 g/mol. The van der Waals surface area contributed by atoms with Gasteiger partial charge in [-0.3, -0.25) is 23.3 Å². The van der Waals surface area contributed by atoms with E-state index in [1.54, 1.807) is 0 Å². The van der Waals surface area contributed by atoms with Crippen LogP contribution in [0.15, 0.2) is 69.5 Å². The lowest BCUT2D eigenvalue weighted by atomic mass is 10.1. The van der Waals surface area contributed by atoms with E-state index in [1.165, 1.54) is 14.1 Å². The van der Waals surface area contributed by atoms with Gasteiger partial charge in [0, 0.05) is 42.4 Å². The molecule has 182 valence electrons. The van der Waals surface area contributed by atoms with E-state index in [0.29, 0.717) is 11.0 Å². The number of nitrogens with one attached hydrogen (secondary N) is 1. The van der Waals surface area contributed by atoms with Crippen molar-refractivity contribution < 1.29 is 4.79 Å². The molecule has 0 radical (unpaired) electrons. The summed E-state index contributed by atoms with van der Waals surface area (Å²) in [7, 11) is 2.73. The van der Waals surface area contributed by atoms with Crippen molar-refractivity contribution in [3.63, 3.8) is 0 Å². The van der Waals surface area contributed by atoms with Crippen molar-refractivity contribution in [3.8, 4) is 17.1 Å². The van der Waals surface area contributed by atoms with Crippen LogP contribution in [0.4, 0.5) is 5.82 Å². The number of carbonyl (C=O) groups excluding carboxylic acids is 1. The summed E-state index contributed by atoms with van der Waals surface area (Å²) in [4.78, 5) is 41.1. The molecule has 0 bridgehead atoms. The Morgan fingerprint density at radius 2 is 1.83 bits per heavy atom. The number of carbonyl (C=O) groups is 1. The van der Waals surface area contributed by atoms with Crippen LogP contribution in [-0.2, 0) is 14.1 Å². The van der Waals surface area contributed by atoms with Crippen LogP contribution >= 0.6 is 11.8 Å². The monoisotopic (exact) mass is 501 g/mol. The molecule has 0 spiro atoms. The van der Waals surface area contributed by atoms with Gasteiger partial charge in [0.15, 0.2) is 16.8 Å². The number of nitrogen functional groups attached to an aromatic ring is 1. The topological polar surface area (TPSA) is 134 Å². The maximum absolute atomic E-state index is 13.1. The van der Waals surface area contributed by atoms with Crippen LogP contribution in [0.2, 0.25) is 0 Å². The molecule has 0 amide bonds. The van der Waals surface area contributed by atoms with Gasteiger partial charge in [0.05, 0.1) is 5.75 Å². The fraction of sp³-hybridized carbons (Fsp3) is 0.160. The van der Waals surface area contributed by atoms with Gasteiger partial charge in [-0.15, -0.1) is 10.2 Å². The number of aromatic amines is 1. The lowest BCUT2D eigenvalue weighted by Gasteiger charge is -2.12. The average Bonchev–Trinajstić information content (AvgIpc) is 3.49. The largest absolute Gasteiger partial charge is 0.384 e. The number of aryl methyl sites for hydroxylation is 1. The summed E-state index contributed by atoms with van der Waals surface area (Å²) >= 11 is 1.15. The van der Waals surface area contributed by atoms with Crippen LogP contribution in [0.5, 0.6) is 0 Å². The third-order valence-electron chi connectivity index (χ3n) is 6.04. The standard InChI is InChI=1S/C25H23N7O3S/c1-14-7-6-8-15(11-14)32-22(17-12-27-18-10-5-4-9-16(17)18)28-29-24(32)36-13-19(33)20-21(26)30(2)25(35)31(3)23(20)34/h4-12,27H,13,26H2,1-3H3. The summed E-state index contributed by atoms with van der Waals surface area (Å²) < 4.78 is 3.85. The number of rotatable bonds is 6. The number of hydrogen-bond acceptors (Lipinski definition) is 7. The van der Waals surface area contributed by atoms with E-state index in [0.717, 1.165) is 48.6 Å². The van der Waals surface area contributed by atoms with Gasteiger partial charge in [0.25, 0.3) is 5.56 Å². The molecule has 0 fully saturated rings. The molecule has 3 aromatic heterocycles. The minimum Gasteiger partial charge on any atom is -0.384 e. The highest BCUT2D eigenvalue weighted by atomic mass is 32.2. The van der Waals surface area contributed by atoms with E-state index in [2.05, 4.69) is 15.2 Å². The molecule has 10 nitrogen and oxygen atoms in total. The van der Waals surface area contributed by atoms with Gasteiger partial charge in [0.2, 0.25) is 0 Å². The number of benzene rings is 2. The van der Waals surface area contributed by atoms with Gasteiger partial charge in [0.1, 0.15) is 11.4 Å². The maximum atomic E-state index is 13.1. The number of nitrogens with two attached hydrogens (primary N) is 1. The molecule has 36 heavy (non-hydrogen) atoms. The molecule has 0 saturated heterocycles. The molecule has 0 unspecified atom stereocenters. The minimum atomic E-state index is -0.721. The lowest BCUT2D eigenvalue weighted by molar-refractivity contribution is 0.102. The molecule has 0 saturated carbocycles. The van der Waals surface area contributed by atoms with Crippen molar-refractivity contribution in [2.75, 3.05) is 11.5 Å². The van der Waals surface area contributed by atoms with E-state index in [4.69, 9.17) is 5.73 Å². The fourth-order valence-corrected chi connectivity index (χ4v) is 4.94. The van der Waals surface area contributed by atoms with E-state index < -0.39 is 17.0 Å². The first kappa shape index (κ1) is 23.4. The van der Waals surface area contributed by atoms with Crippen LogP contribution in [0.25, 0.3) is 28.0 Å². The lowest BCUT2D eigenvalue weighted by Crippen LogP contribution is -2.41. The number of Topliss-reactive ketones (excluding diaryl/α,β-unsaturated/α-hetero) is 1. The highest BCUT2D eigenvalue weighted by Crippen LogP contribution is 2.32. The van der Waals surface area contributed by atoms with Crippen LogP contribution < -0.4 is 17.0 Å². The number of aromatic nitrogens is 6. The van der Waals surface area contributed by atoms with E-state index in [-0.39, 0.29) is 17.1 Å². The highest BCUT2D eigenvalue weighted by Gasteiger charge is 2.23. The molecule has 5 aromatic rings. The molecule has 0 atom stereocenters. The first-order chi connectivity index (χ1) is 17.3. The first-order valence-electron chi connectivity index (χ1n) is 11.1. The molecule has 2 aromatic carbocycles. The molecule has 0 aliphatic heterocycles. The Morgan fingerprint density at radius 1 is 1.06 bits per heavy atom. The summed E-state index contributed by atoms with van der Waals surface area (Å²) in [5.41, 5.74) is 8.17. The highest BCUT2D eigenvalue weighted by molar-refractivity contribution is 7.99. The quantitative estimate of drug-likeness (QED) is 0.270. The minimum absolute atomic E-state index is 0.116.